The fourth-order valence-electron chi connectivity index (χ4n) is 1.93. The van der Waals surface area contributed by atoms with Crippen LogP contribution in [0.1, 0.15) is 12.0 Å². The predicted octanol–water partition coefficient (Wildman–Crippen LogP) is 1.84. The van der Waals surface area contributed by atoms with Crippen molar-refractivity contribution < 1.29 is 4.74 Å². The van der Waals surface area contributed by atoms with Crippen molar-refractivity contribution >= 4 is 5.95 Å². The van der Waals surface area contributed by atoms with Gasteiger partial charge in [0.05, 0.1) is 7.11 Å². The third-order valence-corrected chi connectivity index (χ3v) is 2.96. The van der Waals surface area contributed by atoms with Gasteiger partial charge in [-0.2, -0.15) is 4.98 Å². The molecule has 20 heavy (non-hydrogen) atoms. The summed E-state index contributed by atoms with van der Waals surface area (Å²) in [6.45, 7) is 2.22. The largest absolute Gasteiger partial charge is 0.481 e. The number of methoxy groups -OCH3 is 1. The Bertz CT molecular complexity index is 518. The third-order valence-electron chi connectivity index (χ3n) is 2.96. The molecule has 0 spiro atoms. The van der Waals surface area contributed by atoms with Crippen molar-refractivity contribution in [1.82, 2.24) is 9.97 Å². The summed E-state index contributed by atoms with van der Waals surface area (Å²) in [6, 6.07) is 12.0. The van der Waals surface area contributed by atoms with Crippen LogP contribution in [0.3, 0.4) is 0 Å². The van der Waals surface area contributed by atoms with Gasteiger partial charge in [0.15, 0.2) is 0 Å². The zero-order chi connectivity index (χ0) is 14.2. The molecule has 0 radical (unpaired) electrons. The minimum absolute atomic E-state index is 0.570. The van der Waals surface area contributed by atoms with E-state index >= 15 is 0 Å². The van der Waals surface area contributed by atoms with Crippen LogP contribution in [0.5, 0.6) is 5.88 Å². The zero-order valence-electron chi connectivity index (χ0n) is 11.7. The van der Waals surface area contributed by atoms with E-state index in [1.807, 2.05) is 18.2 Å². The molecule has 0 bridgehead atoms. The molecule has 0 saturated heterocycles. The summed E-state index contributed by atoms with van der Waals surface area (Å²) in [5.74, 6) is 1.24. The first-order valence-electron chi connectivity index (χ1n) is 6.69. The Labute approximate surface area is 119 Å². The van der Waals surface area contributed by atoms with Crippen LogP contribution < -0.4 is 15.4 Å². The van der Waals surface area contributed by atoms with E-state index in [1.54, 1.807) is 19.4 Å². The van der Waals surface area contributed by atoms with E-state index in [-0.39, 0.29) is 0 Å². The smallest absolute Gasteiger partial charge is 0.228 e. The van der Waals surface area contributed by atoms with Gasteiger partial charge in [-0.05, 0) is 18.5 Å². The first kappa shape index (κ1) is 14.3. The molecule has 0 fully saturated rings. The highest BCUT2D eigenvalue weighted by atomic mass is 16.5. The maximum Gasteiger partial charge on any atom is 0.228 e. The Kier molecular flexibility index (Phi) is 5.32. The Morgan fingerprint density at radius 3 is 2.70 bits per heavy atom. The van der Waals surface area contributed by atoms with Crippen LogP contribution in [-0.4, -0.2) is 30.2 Å². The van der Waals surface area contributed by atoms with Crippen molar-refractivity contribution in [2.24, 2.45) is 5.73 Å². The van der Waals surface area contributed by atoms with Crippen LogP contribution in [0.2, 0.25) is 0 Å². The second-order valence-electron chi connectivity index (χ2n) is 4.45. The number of nitrogens with zero attached hydrogens (tertiary/aromatic N) is 3. The molecular formula is C15H20N4O. The molecule has 1 aromatic heterocycles. The first-order chi connectivity index (χ1) is 9.83. The molecule has 2 N–H and O–H groups in total. The highest BCUT2D eigenvalue weighted by molar-refractivity contribution is 5.34. The first-order valence-corrected chi connectivity index (χ1v) is 6.69. The van der Waals surface area contributed by atoms with Gasteiger partial charge in [0.1, 0.15) is 0 Å². The standard InChI is InChI=1S/C15H20N4O/c1-20-14-8-10-17-15(18-14)19(11-5-9-16)12-13-6-3-2-4-7-13/h2-4,6-8,10H,5,9,11-12,16H2,1H3. The molecule has 0 atom stereocenters. The van der Waals surface area contributed by atoms with Crippen molar-refractivity contribution in [2.45, 2.75) is 13.0 Å². The van der Waals surface area contributed by atoms with E-state index in [0.29, 0.717) is 18.4 Å². The summed E-state index contributed by atoms with van der Waals surface area (Å²) in [5, 5.41) is 0. The number of hydrogen-bond donors (Lipinski definition) is 1. The Morgan fingerprint density at radius 1 is 1.20 bits per heavy atom. The van der Waals surface area contributed by atoms with Crippen LogP contribution in [-0.2, 0) is 6.54 Å². The van der Waals surface area contributed by atoms with E-state index in [1.165, 1.54) is 5.56 Å². The number of anilines is 1. The lowest BCUT2D eigenvalue weighted by Crippen LogP contribution is -2.27. The summed E-state index contributed by atoms with van der Waals surface area (Å²) < 4.78 is 5.16. The van der Waals surface area contributed by atoms with E-state index in [0.717, 1.165) is 19.5 Å². The molecule has 0 aliphatic rings. The molecule has 0 amide bonds. The van der Waals surface area contributed by atoms with Gasteiger partial charge in [0.25, 0.3) is 0 Å². The maximum absolute atomic E-state index is 5.61. The van der Waals surface area contributed by atoms with Gasteiger partial charge in [0, 0.05) is 25.4 Å². The molecule has 106 valence electrons. The van der Waals surface area contributed by atoms with Crippen molar-refractivity contribution in [2.75, 3.05) is 25.1 Å². The lowest BCUT2D eigenvalue weighted by atomic mass is 10.2. The van der Waals surface area contributed by atoms with E-state index < -0.39 is 0 Å². The Hall–Kier alpha value is -2.14. The quantitative estimate of drug-likeness (QED) is 0.833. The Morgan fingerprint density at radius 2 is 2.00 bits per heavy atom. The van der Waals surface area contributed by atoms with Gasteiger partial charge >= 0.3 is 0 Å². The molecule has 0 saturated carbocycles. The van der Waals surface area contributed by atoms with Crippen molar-refractivity contribution in [3.63, 3.8) is 0 Å². The minimum atomic E-state index is 0.570. The second kappa shape index (κ2) is 7.45. The molecule has 0 aliphatic carbocycles. The molecule has 5 nitrogen and oxygen atoms in total. The van der Waals surface area contributed by atoms with Crippen LogP contribution >= 0.6 is 0 Å². The van der Waals surface area contributed by atoms with E-state index in [4.69, 9.17) is 10.5 Å². The number of benzene rings is 1. The normalized spacial score (nSPS) is 10.3. The Balaban J connectivity index is 2.17. The van der Waals surface area contributed by atoms with Crippen molar-refractivity contribution in [3.05, 3.63) is 48.2 Å². The molecule has 0 unspecified atom stereocenters. The lowest BCUT2D eigenvalue weighted by molar-refractivity contribution is 0.396. The van der Waals surface area contributed by atoms with Gasteiger partial charge in [-0.1, -0.05) is 30.3 Å². The average molecular weight is 272 g/mol. The molecular weight excluding hydrogens is 252 g/mol. The highest BCUT2D eigenvalue weighted by Crippen LogP contribution is 2.15. The van der Waals surface area contributed by atoms with Crippen LogP contribution in [0, 0.1) is 0 Å². The van der Waals surface area contributed by atoms with Gasteiger partial charge in [-0.25, -0.2) is 4.98 Å². The topological polar surface area (TPSA) is 64.3 Å². The number of nitrogens with two attached hydrogens (primary N) is 1. The predicted molar refractivity (Wildman–Crippen MR) is 79.7 cm³/mol. The molecule has 0 aliphatic heterocycles. The molecule has 2 rings (SSSR count). The maximum atomic E-state index is 5.61. The molecule has 2 aromatic rings. The van der Waals surface area contributed by atoms with Crippen LogP contribution in [0.15, 0.2) is 42.6 Å². The second-order valence-corrected chi connectivity index (χ2v) is 4.45. The molecule has 1 heterocycles. The summed E-state index contributed by atoms with van der Waals surface area (Å²) in [5.41, 5.74) is 6.83. The minimum Gasteiger partial charge on any atom is -0.481 e. The average Bonchev–Trinajstić information content (AvgIpc) is 2.52. The van der Waals surface area contributed by atoms with Crippen LogP contribution in [0.25, 0.3) is 0 Å². The fourth-order valence-corrected chi connectivity index (χ4v) is 1.93. The monoisotopic (exact) mass is 272 g/mol. The van der Waals surface area contributed by atoms with Gasteiger partial charge < -0.3 is 15.4 Å². The summed E-state index contributed by atoms with van der Waals surface area (Å²) in [4.78, 5) is 10.8. The number of hydrogen-bond acceptors (Lipinski definition) is 5. The third kappa shape index (κ3) is 3.93. The SMILES string of the molecule is COc1ccnc(N(CCCN)Cc2ccccc2)n1. The number of rotatable bonds is 7. The zero-order valence-corrected chi connectivity index (χ0v) is 11.7. The summed E-state index contributed by atoms with van der Waals surface area (Å²) >= 11 is 0. The van der Waals surface area contributed by atoms with Crippen LogP contribution in [0.4, 0.5) is 5.95 Å². The van der Waals surface area contributed by atoms with Crippen molar-refractivity contribution in [3.8, 4) is 5.88 Å². The van der Waals surface area contributed by atoms with Gasteiger partial charge in [-0.3, -0.25) is 0 Å². The van der Waals surface area contributed by atoms with E-state index in [9.17, 15) is 0 Å². The van der Waals surface area contributed by atoms with Gasteiger partial charge in [-0.15, -0.1) is 0 Å². The number of aromatic nitrogens is 2. The molecule has 1 aromatic carbocycles. The summed E-state index contributed by atoms with van der Waals surface area (Å²) in [6.07, 6.45) is 2.61. The highest BCUT2D eigenvalue weighted by Gasteiger charge is 2.10. The fraction of sp³-hybridized carbons (Fsp3) is 0.333. The molecule has 5 heteroatoms. The lowest BCUT2D eigenvalue weighted by Gasteiger charge is -2.22. The van der Waals surface area contributed by atoms with Gasteiger partial charge in [0.2, 0.25) is 11.8 Å². The van der Waals surface area contributed by atoms with E-state index in [2.05, 4.69) is 27.0 Å². The number of ether oxygens (including phenoxy) is 1. The summed E-state index contributed by atoms with van der Waals surface area (Å²) in [7, 11) is 1.60. The van der Waals surface area contributed by atoms with Crippen molar-refractivity contribution in [1.29, 1.82) is 0 Å².